The Morgan fingerprint density at radius 3 is 2.65 bits per heavy atom. The SMILES string of the molecule is CC(Nc1cc(F)cc(F)c1F)c1ccoc1. The highest BCUT2D eigenvalue weighted by Gasteiger charge is 2.14. The Balaban J connectivity index is 2.24. The van der Waals surface area contributed by atoms with Gasteiger partial charge in [-0.25, -0.2) is 13.2 Å². The molecule has 17 heavy (non-hydrogen) atoms. The minimum atomic E-state index is -1.22. The number of halogens is 3. The number of benzene rings is 1. The van der Waals surface area contributed by atoms with Crippen LogP contribution in [0.3, 0.4) is 0 Å². The molecule has 1 heterocycles. The van der Waals surface area contributed by atoms with Crippen molar-refractivity contribution < 1.29 is 17.6 Å². The van der Waals surface area contributed by atoms with Crippen LogP contribution in [-0.2, 0) is 0 Å². The smallest absolute Gasteiger partial charge is 0.182 e. The lowest BCUT2D eigenvalue weighted by Crippen LogP contribution is -2.08. The maximum absolute atomic E-state index is 13.4. The summed E-state index contributed by atoms with van der Waals surface area (Å²) in [6.07, 6.45) is 2.95. The van der Waals surface area contributed by atoms with Gasteiger partial charge in [0.25, 0.3) is 0 Å². The van der Waals surface area contributed by atoms with Gasteiger partial charge < -0.3 is 9.73 Å². The second-order valence-corrected chi connectivity index (χ2v) is 3.67. The quantitative estimate of drug-likeness (QED) is 0.825. The maximum atomic E-state index is 13.4. The van der Waals surface area contributed by atoms with Crippen LogP contribution in [0.5, 0.6) is 0 Å². The van der Waals surface area contributed by atoms with Crippen molar-refractivity contribution in [1.29, 1.82) is 0 Å². The molecule has 0 aliphatic rings. The lowest BCUT2D eigenvalue weighted by molar-refractivity contribution is 0.496. The van der Waals surface area contributed by atoms with Crippen LogP contribution in [0.15, 0.2) is 35.1 Å². The third kappa shape index (κ3) is 2.43. The van der Waals surface area contributed by atoms with E-state index in [-0.39, 0.29) is 11.7 Å². The van der Waals surface area contributed by atoms with E-state index in [0.717, 1.165) is 11.6 Å². The number of furan rings is 1. The van der Waals surface area contributed by atoms with Gasteiger partial charge in [-0.1, -0.05) is 0 Å². The summed E-state index contributed by atoms with van der Waals surface area (Å²) in [5, 5.41) is 2.68. The summed E-state index contributed by atoms with van der Waals surface area (Å²) < 4.78 is 44.1. The lowest BCUT2D eigenvalue weighted by Gasteiger charge is -2.14. The van der Waals surface area contributed by atoms with Crippen molar-refractivity contribution in [2.24, 2.45) is 0 Å². The highest BCUT2D eigenvalue weighted by molar-refractivity contribution is 5.47. The second kappa shape index (κ2) is 4.53. The Bertz CT molecular complexity index is 511. The fourth-order valence-corrected chi connectivity index (χ4v) is 1.50. The molecule has 0 fully saturated rings. The molecule has 1 unspecified atom stereocenters. The summed E-state index contributed by atoms with van der Waals surface area (Å²) in [5.41, 5.74) is 0.547. The van der Waals surface area contributed by atoms with Gasteiger partial charge in [0.15, 0.2) is 11.6 Å². The van der Waals surface area contributed by atoms with E-state index in [0.29, 0.717) is 6.07 Å². The highest BCUT2D eigenvalue weighted by Crippen LogP contribution is 2.24. The number of nitrogens with one attached hydrogen (secondary N) is 1. The van der Waals surface area contributed by atoms with Gasteiger partial charge in [0, 0.05) is 17.7 Å². The topological polar surface area (TPSA) is 25.2 Å². The molecular formula is C12H10F3NO. The van der Waals surface area contributed by atoms with Crippen molar-refractivity contribution >= 4 is 5.69 Å². The molecule has 0 saturated carbocycles. The molecule has 2 aromatic rings. The van der Waals surface area contributed by atoms with Crippen LogP contribution in [0.1, 0.15) is 18.5 Å². The maximum Gasteiger partial charge on any atom is 0.182 e. The van der Waals surface area contributed by atoms with Gasteiger partial charge in [-0.15, -0.1) is 0 Å². The Morgan fingerprint density at radius 2 is 2.00 bits per heavy atom. The Hall–Kier alpha value is -1.91. The van der Waals surface area contributed by atoms with E-state index in [1.807, 2.05) is 0 Å². The van der Waals surface area contributed by atoms with Crippen LogP contribution < -0.4 is 5.32 Å². The molecule has 2 rings (SSSR count). The molecule has 1 aromatic heterocycles. The normalized spacial score (nSPS) is 12.5. The van der Waals surface area contributed by atoms with Crippen LogP contribution in [0.2, 0.25) is 0 Å². The van der Waals surface area contributed by atoms with Crippen LogP contribution >= 0.6 is 0 Å². The van der Waals surface area contributed by atoms with Crippen molar-refractivity contribution in [3.8, 4) is 0 Å². The summed E-state index contributed by atoms with van der Waals surface area (Å²) in [5.74, 6) is -3.14. The average Bonchev–Trinajstić information content (AvgIpc) is 2.78. The summed E-state index contributed by atoms with van der Waals surface area (Å²) >= 11 is 0. The van der Waals surface area contributed by atoms with E-state index in [4.69, 9.17) is 4.42 Å². The van der Waals surface area contributed by atoms with Gasteiger partial charge in [0.05, 0.1) is 24.3 Å². The van der Waals surface area contributed by atoms with E-state index in [2.05, 4.69) is 5.32 Å². The van der Waals surface area contributed by atoms with Gasteiger partial charge in [0.1, 0.15) is 5.82 Å². The van der Waals surface area contributed by atoms with Crippen LogP contribution in [0.4, 0.5) is 18.9 Å². The molecule has 0 amide bonds. The van der Waals surface area contributed by atoms with Crippen molar-refractivity contribution in [3.63, 3.8) is 0 Å². The van der Waals surface area contributed by atoms with E-state index in [9.17, 15) is 13.2 Å². The van der Waals surface area contributed by atoms with Gasteiger partial charge in [-0.2, -0.15) is 0 Å². The first kappa shape index (κ1) is 11.6. The first-order valence-electron chi connectivity index (χ1n) is 5.01. The zero-order chi connectivity index (χ0) is 12.4. The molecule has 2 nitrogen and oxygen atoms in total. The van der Waals surface area contributed by atoms with Crippen molar-refractivity contribution in [1.82, 2.24) is 0 Å². The molecule has 0 radical (unpaired) electrons. The van der Waals surface area contributed by atoms with Crippen molar-refractivity contribution in [2.75, 3.05) is 5.32 Å². The number of hydrogen-bond acceptors (Lipinski definition) is 2. The summed E-state index contributed by atoms with van der Waals surface area (Å²) in [6.45, 7) is 1.73. The minimum absolute atomic E-state index is 0.212. The Morgan fingerprint density at radius 1 is 1.24 bits per heavy atom. The molecule has 5 heteroatoms. The third-order valence-corrected chi connectivity index (χ3v) is 2.41. The molecule has 0 saturated heterocycles. The molecule has 0 aliphatic carbocycles. The summed E-state index contributed by atoms with van der Waals surface area (Å²) in [6, 6.07) is 2.79. The lowest BCUT2D eigenvalue weighted by atomic mass is 10.1. The molecule has 0 aliphatic heterocycles. The fraction of sp³-hybridized carbons (Fsp3) is 0.167. The van der Waals surface area contributed by atoms with Crippen molar-refractivity contribution in [3.05, 3.63) is 53.7 Å². The minimum Gasteiger partial charge on any atom is -0.472 e. The summed E-state index contributed by atoms with van der Waals surface area (Å²) in [7, 11) is 0. The first-order chi connectivity index (χ1) is 8.08. The monoisotopic (exact) mass is 241 g/mol. The van der Waals surface area contributed by atoms with E-state index >= 15 is 0 Å². The molecule has 90 valence electrons. The van der Waals surface area contributed by atoms with Gasteiger partial charge >= 0.3 is 0 Å². The van der Waals surface area contributed by atoms with Crippen molar-refractivity contribution in [2.45, 2.75) is 13.0 Å². The molecular weight excluding hydrogens is 231 g/mol. The molecule has 0 bridgehead atoms. The van der Waals surface area contributed by atoms with E-state index in [1.165, 1.54) is 12.5 Å². The van der Waals surface area contributed by atoms with Crippen LogP contribution in [0.25, 0.3) is 0 Å². The zero-order valence-corrected chi connectivity index (χ0v) is 9.01. The Labute approximate surface area is 96.1 Å². The number of anilines is 1. The fourth-order valence-electron chi connectivity index (χ4n) is 1.50. The van der Waals surface area contributed by atoms with Crippen LogP contribution in [-0.4, -0.2) is 0 Å². The van der Waals surface area contributed by atoms with Gasteiger partial charge in [-0.3, -0.25) is 0 Å². The van der Waals surface area contributed by atoms with Crippen LogP contribution in [0, 0.1) is 17.5 Å². The number of rotatable bonds is 3. The molecule has 1 atom stereocenters. The molecule has 0 spiro atoms. The standard InChI is InChI=1S/C12H10F3NO/c1-7(8-2-3-17-6-8)16-11-5-9(13)4-10(14)12(11)15/h2-7,16H,1H3. The molecule has 1 aromatic carbocycles. The van der Waals surface area contributed by atoms with E-state index in [1.54, 1.807) is 13.0 Å². The van der Waals surface area contributed by atoms with Gasteiger partial charge in [0.2, 0.25) is 0 Å². The first-order valence-corrected chi connectivity index (χ1v) is 5.01. The predicted molar refractivity (Wildman–Crippen MR) is 57.1 cm³/mol. The molecule has 1 N–H and O–H groups in total. The zero-order valence-electron chi connectivity index (χ0n) is 9.01. The van der Waals surface area contributed by atoms with Gasteiger partial charge in [-0.05, 0) is 13.0 Å². The van der Waals surface area contributed by atoms with E-state index < -0.39 is 17.5 Å². The second-order valence-electron chi connectivity index (χ2n) is 3.67. The third-order valence-electron chi connectivity index (χ3n) is 2.41. The predicted octanol–water partition coefficient (Wildman–Crippen LogP) is 3.87. The largest absolute Gasteiger partial charge is 0.472 e. The highest BCUT2D eigenvalue weighted by atomic mass is 19.2. The summed E-state index contributed by atoms with van der Waals surface area (Å²) in [4.78, 5) is 0. The average molecular weight is 241 g/mol. The Kier molecular flexibility index (Phi) is 3.08. The number of hydrogen-bond donors (Lipinski definition) is 1.